The number of likely N-dealkylation sites (N-methyl/N-ethyl adjacent to an activating group) is 1. The van der Waals surface area contributed by atoms with Crippen LogP contribution in [0.3, 0.4) is 0 Å². The van der Waals surface area contributed by atoms with Crippen LogP contribution in [-0.4, -0.2) is 41.2 Å². The molecular formula is C22H25N3O4. The number of carbonyl (C=O) groups is 1. The second-order valence-corrected chi connectivity index (χ2v) is 6.77. The highest BCUT2D eigenvalue weighted by Gasteiger charge is 2.24. The van der Waals surface area contributed by atoms with Crippen molar-refractivity contribution in [3.8, 4) is 22.9 Å². The standard InChI is InChI=1S/C22H25N3O4/c1-5-19(28-18-11-7-10-17(13-18)27-4)22(26)25(3)14-20-23-21(24-29-20)16-9-6-8-15(2)12-16/h6-13,19H,5,14H2,1-4H3. The van der Waals surface area contributed by atoms with Gasteiger partial charge in [-0.3, -0.25) is 4.79 Å². The summed E-state index contributed by atoms with van der Waals surface area (Å²) in [5.74, 6) is 1.97. The Morgan fingerprint density at radius 2 is 1.93 bits per heavy atom. The van der Waals surface area contributed by atoms with Gasteiger partial charge in [-0.15, -0.1) is 0 Å². The first kappa shape index (κ1) is 20.4. The zero-order chi connectivity index (χ0) is 20.8. The number of ether oxygens (including phenoxy) is 2. The highest BCUT2D eigenvalue weighted by atomic mass is 16.5. The van der Waals surface area contributed by atoms with Crippen LogP contribution in [0.2, 0.25) is 0 Å². The Morgan fingerprint density at radius 3 is 2.66 bits per heavy atom. The van der Waals surface area contributed by atoms with E-state index in [0.717, 1.165) is 11.1 Å². The van der Waals surface area contributed by atoms with Gasteiger partial charge in [-0.1, -0.05) is 41.9 Å². The maximum Gasteiger partial charge on any atom is 0.263 e. The van der Waals surface area contributed by atoms with Crippen LogP contribution in [0.15, 0.2) is 53.1 Å². The fraction of sp³-hybridized carbons (Fsp3) is 0.318. The van der Waals surface area contributed by atoms with Crippen LogP contribution in [-0.2, 0) is 11.3 Å². The van der Waals surface area contributed by atoms with E-state index in [1.807, 2.05) is 50.2 Å². The predicted octanol–water partition coefficient (Wildman–Crippen LogP) is 3.87. The first-order valence-corrected chi connectivity index (χ1v) is 9.45. The number of benzene rings is 2. The molecule has 0 aliphatic heterocycles. The summed E-state index contributed by atoms with van der Waals surface area (Å²) < 4.78 is 16.4. The maximum absolute atomic E-state index is 12.8. The molecule has 0 bridgehead atoms. The van der Waals surface area contributed by atoms with Gasteiger partial charge in [0.25, 0.3) is 5.91 Å². The van der Waals surface area contributed by atoms with Gasteiger partial charge in [0.05, 0.1) is 13.7 Å². The molecular weight excluding hydrogens is 370 g/mol. The number of hydrogen-bond donors (Lipinski definition) is 0. The van der Waals surface area contributed by atoms with Crippen LogP contribution in [0.1, 0.15) is 24.8 Å². The summed E-state index contributed by atoms with van der Waals surface area (Å²) in [6, 6.07) is 15.0. The molecule has 152 valence electrons. The van der Waals surface area contributed by atoms with Gasteiger partial charge in [-0.25, -0.2) is 0 Å². The minimum Gasteiger partial charge on any atom is -0.497 e. The van der Waals surface area contributed by atoms with Crippen molar-refractivity contribution in [3.05, 3.63) is 60.0 Å². The molecule has 29 heavy (non-hydrogen) atoms. The van der Waals surface area contributed by atoms with Crippen LogP contribution < -0.4 is 9.47 Å². The first-order valence-electron chi connectivity index (χ1n) is 9.45. The van der Waals surface area contributed by atoms with Crippen molar-refractivity contribution in [3.63, 3.8) is 0 Å². The Kier molecular flexibility index (Phi) is 6.49. The summed E-state index contributed by atoms with van der Waals surface area (Å²) in [5, 5.41) is 4.02. The van der Waals surface area contributed by atoms with Crippen LogP contribution in [0.25, 0.3) is 11.4 Å². The largest absolute Gasteiger partial charge is 0.497 e. The lowest BCUT2D eigenvalue weighted by Crippen LogP contribution is -2.39. The van der Waals surface area contributed by atoms with Crippen LogP contribution >= 0.6 is 0 Å². The second kappa shape index (κ2) is 9.23. The Hall–Kier alpha value is -3.35. The van der Waals surface area contributed by atoms with Crippen LogP contribution in [0.4, 0.5) is 0 Å². The van der Waals surface area contributed by atoms with Crippen molar-refractivity contribution >= 4 is 5.91 Å². The van der Waals surface area contributed by atoms with E-state index in [-0.39, 0.29) is 12.5 Å². The number of amides is 1. The summed E-state index contributed by atoms with van der Waals surface area (Å²) >= 11 is 0. The molecule has 0 fully saturated rings. The highest BCUT2D eigenvalue weighted by molar-refractivity contribution is 5.81. The quantitative estimate of drug-likeness (QED) is 0.576. The number of nitrogens with zero attached hydrogens (tertiary/aromatic N) is 3. The Balaban J connectivity index is 1.66. The van der Waals surface area contributed by atoms with Crippen LogP contribution in [0.5, 0.6) is 11.5 Å². The summed E-state index contributed by atoms with van der Waals surface area (Å²) in [6.45, 7) is 4.11. The smallest absolute Gasteiger partial charge is 0.263 e. The number of hydrogen-bond acceptors (Lipinski definition) is 6. The monoisotopic (exact) mass is 395 g/mol. The highest BCUT2D eigenvalue weighted by Crippen LogP contribution is 2.22. The lowest BCUT2D eigenvalue weighted by Gasteiger charge is -2.22. The minimum absolute atomic E-state index is 0.161. The third kappa shape index (κ3) is 5.13. The van der Waals surface area contributed by atoms with Gasteiger partial charge in [-0.05, 0) is 31.5 Å². The second-order valence-electron chi connectivity index (χ2n) is 6.77. The van der Waals surface area contributed by atoms with E-state index >= 15 is 0 Å². The van der Waals surface area contributed by atoms with Crippen molar-refractivity contribution in [1.82, 2.24) is 15.0 Å². The number of carbonyl (C=O) groups excluding carboxylic acids is 1. The van der Waals surface area contributed by atoms with Crippen molar-refractivity contribution in [1.29, 1.82) is 0 Å². The van der Waals surface area contributed by atoms with E-state index in [2.05, 4.69) is 10.1 Å². The van der Waals surface area contributed by atoms with E-state index in [1.54, 1.807) is 26.3 Å². The Labute approximate surface area is 170 Å². The van der Waals surface area contributed by atoms with Crippen molar-refractivity contribution in [2.45, 2.75) is 32.9 Å². The van der Waals surface area contributed by atoms with Gasteiger partial charge in [0.1, 0.15) is 11.5 Å². The lowest BCUT2D eigenvalue weighted by atomic mass is 10.1. The summed E-state index contributed by atoms with van der Waals surface area (Å²) in [5.41, 5.74) is 1.99. The number of aryl methyl sites for hydroxylation is 1. The predicted molar refractivity (Wildman–Crippen MR) is 109 cm³/mol. The van der Waals surface area contributed by atoms with Gasteiger partial charge in [-0.2, -0.15) is 4.98 Å². The number of aromatic nitrogens is 2. The van der Waals surface area contributed by atoms with Gasteiger partial charge in [0, 0.05) is 18.7 Å². The average Bonchev–Trinajstić information content (AvgIpc) is 3.20. The molecule has 0 aliphatic carbocycles. The average molecular weight is 395 g/mol. The molecule has 3 aromatic rings. The van der Waals surface area contributed by atoms with E-state index in [4.69, 9.17) is 14.0 Å². The molecule has 0 spiro atoms. The maximum atomic E-state index is 12.8. The summed E-state index contributed by atoms with van der Waals surface area (Å²) in [6.07, 6.45) is -0.0926. The summed E-state index contributed by atoms with van der Waals surface area (Å²) in [4.78, 5) is 18.8. The third-order valence-electron chi connectivity index (χ3n) is 4.46. The topological polar surface area (TPSA) is 77.7 Å². The fourth-order valence-corrected chi connectivity index (χ4v) is 2.89. The first-order chi connectivity index (χ1) is 14.0. The molecule has 1 amide bonds. The zero-order valence-corrected chi connectivity index (χ0v) is 17.1. The zero-order valence-electron chi connectivity index (χ0n) is 17.1. The van der Waals surface area contributed by atoms with Gasteiger partial charge < -0.3 is 18.9 Å². The molecule has 7 nitrogen and oxygen atoms in total. The van der Waals surface area contributed by atoms with Crippen LogP contribution in [0, 0.1) is 6.92 Å². The molecule has 2 aromatic carbocycles. The van der Waals surface area contributed by atoms with E-state index in [1.165, 1.54) is 4.90 Å². The molecule has 0 saturated heterocycles. The van der Waals surface area contributed by atoms with E-state index < -0.39 is 6.10 Å². The summed E-state index contributed by atoms with van der Waals surface area (Å²) in [7, 11) is 3.28. The molecule has 7 heteroatoms. The molecule has 0 N–H and O–H groups in total. The van der Waals surface area contributed by atoms with Gasteiger partial charge in [0.15, 0.2) is 6.10 Å². The van der Waals surface area contributed by atoms with E-state index in [9.17, 15) is 4.79 Å². The van der Waals surface area contributed by atoms with Crippen molar-refractivity contribution in [2.75, 3.05) is 14.2 Å². The van der Waals surface area contributed by atoms with E-state index in [0.29, 0.717) is 29.6 Å². The molecule has 1 aromatic heterocycles. The van der Waals surface area contributed by atoms with Crippen molar-refractivity contribution in [2.24, 2.45) is 0 Å². The number of methoxy groups -OCH3 is 1. The SMILES string of the molecule is CCC(Oc1cccc(OC)c1)C(=O)N(C)Cc1nc(-c2cccc(C)c2)no1. The molecule has 0 radical (unpaired) electrons. The van der Waals surface area contributed by atoms with Gasteiger partial charge >= 0.3 is 0 Å². The molecule has 3 rings (SSSR count). The molecule has 0 saturated carbocycles. The Morgan fingerprint density at radius 1 is 1.17 bits per heavy atom. The molecule has 1 unspecified atom stereocenters. The van der Waals surface area contributed by atoms with Gasteiger partial charge in [0.2, 0.25) is 11.7 Å². The Bertz CT molecular complexity index is 970. The molecule has 1 heterocycles. The normalized spacial score (nSPS) is 11.7. The third-order valence-corrected chi connectivity index (χ3v) is 4.46. The molecule has 0 aliphatic rings. The lowest BCUT2D eigenvalue weighted by molar-refractivity contribution is -0.138. The fourth-order valence-electron chi connectivity index (χ4n) is 2.89. The van der Waals surface area contributed by atoms with Crippen molar-refractivity contribution < 1.29 is 18.8 Å². The molecule has 1 atom stereocenters. The number of rotatable bonds is 8. The minimum atomic E-state index is -0.619.